The number of fused-ring (bicyclic) bond motifs is 1. The van der Waals surface area contributed by atoms with Gasteiger partial charge in [0.15, 0.2) is 0 Å². The van der Waals surface area contributed by atoms with Crippen molar-refractivity contribution in [3.63, 3.8) is 0 Å². The minimum absolute atomic E-state index is 0.147. The second kappa shape index (κ2) is 9.24. The van der Waals surface area contributed by atoms with E-state index >= 15 is 0 Å². The lowest BCUT2D eigenvalue weighted by molar-refractivity contribution is -0.138. The third kappa shape index (κ3) is 5.46. The van der Waals surface area contributed by atoms with Crippen LogP contribution in [0.5, 0.6) is 16.7 Å². The largest absolute Gasteiger partial charge is 0.494 e. The highest BCUT2D eigenvalue weighted by atomic mass is 32.1. The summed E-state index contributed by atoms with van der Waals surface area (Å²) in [6, 6.07) is 15.6. The molecule has 1 aliphatic heterocycles. The molecule has 152 valence electrons. The summed E-state index contributed by atoms with van der Waals surface area (Å²) in [5.74, 6) is 1.41. The third-order valence-corrected chi connectivity index (χ3v) is 6.08. The molecule has 0 unspecified atom stereocenters. The lowest BCUT2D eigenvalue weighted by atomic mass is 9.94. The van der Waals surface area contributed by atoms with Gasteiger partial charge in [-0.05, 0) is 74.7 Å². The Morgan fingerprint density at radius 2 is 1.83 bits per heavy atom. The summed E-state index contributed by atoms with van der Waals surface area (Å²) in [5, 5.41) is 9.49. The van der Waals surface area contributed by atoms with Crippen LogP contribution < -0.4 is 9.47 Å². The maximum Gasteiger partial charge on any atom is 0.317 e. The molecule has 1 aliphatic rings. The predicted molar refractivity (Wildman–Crippen MR) is 113 cm³/mol. The highest BCUT2D eigenvalue weighted by Gasteiger charge is 2.20. The Balaban J connectivity index is 1.21. The number of piperidine rings is 1. The Morgan fingerprint density at radius 1 is 1.10 bits per heavy atom. The van der Waals surface area contributed by atoms with E-state index in [1.165, 1.54) is 11.3 Å². The average Bonchev–Trinajstić information content (AvgIpc) is 3.12. The number of rotatable bonds is 8. The molecule has 29 heavy (non-hydrogen) atoms. The first kappa shape index (κ1) is 19.7. The molecular formula is C22H24N2O4S. The van der Waals surface area contributed by atoms with Gasteiger partial charge in [0.05, 0.1) is 23.4 Å². The summed E-state index contributed by atoms with van der Waals surface area (Å²) in [7, 11) is 0. The van der Waals surface area contributed by atoms with Crippen LogP contribution in [0, 0.1) is 5.92 Å². The number of hydrogen-bond donors (Lipinski definition) is 1. The number of thiazole rings is 1. The van der Waals surface area contributed by atoms with E-state index in [1.54, 1.807) is 0 Å². The van der Waals surface area contributed by atoms with Gasteiger partial charge in [-0.25, -0.2) is 4.98 Å². The van der Waals surface area contributed by atoms with Crippen molar-refractivity contribution < 1.29 is 19.4 Å². The van der Waals surface area contributed by atoms with E-state index in [0.717, 1.165) is 54.1 Å². The van der Waals surface area contributed by atoms with Crippen molar-refractivity contribution in [2.24, 2.45) is 5.92 Å². The van der Waals surface area contributed by atoms with Crippen molar-refractivity contribution in [2.75, 3.05) is 26.2 Å². The molecule has 0 radical (unpaired) electrons. The molecule has 1 fully saturated rings. The van der Waals surface area contributed by atoms with Crippen LogP contribution >= 0.6 is 11.3 Å². The van der Waals surface area contributed by atoms with Crippen molar-refractivity contribution >= 4 is 27.5 Å². The molecule has 2 heterocycles. The molecule has 0 aliphatic carbocycles. The fraction of sp³-hybridized carbons (Fsp3) is 0.364. The Bertz CT molecular complexity index is 916. The fourth-order valence-corrected chi connectivity index (χ4v) is 4.40. The number of benzene rings is 2. The second-order valence-corrected chi connectivity index (χ2v) is 8.26. The van der Waals surface area contributed by atoms with E-state index in [2.05, 4.69) is 4.98 Å². The summed E-state index contributed by atoms with van der Waals surface area (Å²) in [4.78, 5) is 17.3. The van der Waals surface area contributed by atoms with Gasteiger partial charge in [0.2, 0.25) is 0 Å². The Hall–Kier alpha value is -2.64. The molecule has 1 N–H and O–H groups in total. The zero-order chi connectivity index (χ0) is 20.1. The van der Waals surface area contributed by atoms with Crippen LogP contribution in [-0.4, -0.2) is 47.2 Å². The highest BCUT2D eigenvalue weighted by molar-refractivity contribution is 7.20. The number of para-hydroxylation sites is 1. The maximum absolute atomic E-state index is 10.8. The number of carboxylic acid groups (broad SMARTS) is 1. The lowest BCUT2D eigenvalue weighted by Crippen LogP contribution is -2.37. The van der Waals surface area contributed by atoms with E-state index in [0.29, 0.717) is 17.7 Å². The topological polar surface area (TPSA) is 71.9 Å². The van der Waals surface area contributed by atoms with E-state index in [1.807, 2.05) is 53.4 Å². The van der Waals surface area contributed by atoms with Crippen LogP contribution in [0.4, 0.5) is 0 Å². The molecule has 1 aromatic heterocycles. The molecule has 7 heteroatoms. The van der Waals surface area contributed by atoms with Gasteiger partial charge in [-0.3, -0.25) is 9.69 Å². The lowest BCUT2D eigenvalue weighted by Gasteiger charge is -2.30. The van der Waals surface area contributed by atoms with Crippen molar-refractivity contribution in [1.29, 1.82) is 0 Å². The number of carbonyl (C=O) groups is 1. The normalized spacial score (nSPS) is 15.4. The van der Waals surface area contributed by atoms with Crippen LogP contribution in [0.3, 0.4) is 0 Å². The molecule has 0 bridgehead atoms. The molecular weight excluding hydrogens is 388 g/mol. The first-order valence-corrected chi connectivity index (χ1v) is 10.7. The smallest absolute Gasteiger partial charge is 0.317 e. The molecule has 0 amide bonds. The first-order chi connectivity index (χ1) is 14.2. The van der Waals surface area contributed by atoms with Gasteiger partial charge in [0, 0.05) is 0 Å². The van der Waals surface area contributed by atoms with Crippen molar-refractivity contribution in [1.82, 2.24) is 9.88 Å². The summed E-state index contributed by atoms with van der Waals surface area (Å²) < 4.78 is 12.8. The van der Waals surface area contributed by atoms with Crippen LogP contribution in [-0.2, 0) is 4.79 Å². The molecule has 0 spiro atoms. The molecule has 4 rings (SSSR count). The van der Waals surface area contributed by atoms with E-state index in [4.69, 9.17) is 14.6 Å². The second-order valence-electron chi connectivity index (χ2n) is 7.27. The quantitative estimate of drug-likeness (QED) is 0.580. The van der Waals surface area contributed by atoms with Crippen molar-refractivity contribution in [2.45, 2.75) is 19.3 Å². The van der Waals surface area contributed by atoms with Gasteiger partial charge in [0.25, 0.3) is 5.19 Å². The van der Waals surface area contributed by atoms with Gasteiger partial charge in [-0.1, -0.05) is 23.5 Å². The third-order valence-electron chi connectivity index (χ3n) is 5.16. The van der Waals surface area contributed by atoms with Crippen LogP contribution in [0.15, 0.2) is 48.5 Å². The Labute approximate surface area is 173 Å². The zero-order valence-electron chi connectivity index (χ0n) is 16.1. The van der Waals surface area contributed by atoms with E-state index in [-0.39, 0.29) is 6.54 Å². The first-order valence-electron chi connectivity index (χ1n) is 9.86. The monoisotopic (exact) mass is 412 g/mol. The Kier molecular flexibility index (Phi) is 6.27. The van der Waals surface area contributed by atoms with Gasteiger partial charge in [0.1, 0.15) is 11.5 Å². The maximum atomic E-state index is 10.8. The minimum atomic E-state index is -0.748. The minimum Gasteiger partial charge on any atom is -0.494 e. The molecule has 1 saturated heterocycles. The summed E-state index contributed by atoms with van der Waals surface area (Å²) in [6.45, 7) is 2.53. The average molecular weight is 413 g/mol. The molecule has 6 nitrogen and oxygen atoms in total. The van der Waals surface area contributed by atoms with Crippen molar-refractivity contribution in [3.8, 4) is 16.7 Å². The van der Waals surface area contributed by atoms with Gasteiger partial charge >= 0.3 is 5.97 Å². The standard InChI is InChI=1S/C22H24N2O4S/c25-21(26)15-24-12-9-16(10-13-24)11-14-27-17-5-7-18(8-6-17)28-22-23-19-3-1-2-4-20(19)29-22/h1-8,16H,9-15H2,(H,25,26). The van der Waals surface area contributed by atoms with Gasteiger partial charge in [-0.2, -0.15) is 0 Å². The van der Waals surface area contributed by atoms with E-state index < -0.39 is 5.97 Å². The molecule has 2 aromatic carbocycles. The van der Waals surface area contributed by atoms with Crippen molar-refractivity contribution in [3.05, 3.63) is 48.5 Å². The summed E-state index contributed by atoms with van der Waals surface area (Å²) >= 11 is 1.53. The van der Waals surface area contributed by atoms with Crippen LogP contribution in [0.2, 0.25) is 0 Å². The molecule has 3 aromatic rings. The summed E-state index contributed by atoms with van der Waals surface area (Å²) in [6.07, 6.45) is 3.06. The number of carboxylic acids is 1. The van der Waals surface area contributed by atoms with Gasteiger partial charge in [-0.15, -0.1) is 0 Å². The SMILES string of the molecule is O=C(O)CN1CCC(CCOc2ccc(Oc3nc4ccccc4s3)cc2)CC1. The number of ether oxygens (including phenoxy) is 2. The van der Waals surface area contributed by atoms with E-state index in [9.17, 15) is 4.79 Å². The zero-order valence-corrected chi connectivity index (χ0v) is 16.9. The highest BCUT2D eigenvalue weighted by Crippen LogP contribution is 2.31. The Morgan fingerprint density at radius 3 is 2.55 bits per heavy atom. The van der Waals surface area contributed by atoms with Crippen LogP contribution in [0.1, 0.15) is 19.3 Å². The predicted octanol–water partition coefficient (Wildman–Crippen LogP) is 4.65. The fourth-order valence-electron chi connectivity index (χ4n) is 3.57. The van der Waals surface area contributed by atoms with Gasteiger partial charge < -0.3 is 14.6 Å². The number of aliphatic carboxylic acids is 1. The summed E-state index contributed by atoms with van der Waals surface area (Å²) in [5.41, 5.74) is 0.946. The molecule has 0 saturated carbocycles. The number of aromatic nitrogens is 1. The van der Waals surface area contributed by atoms with Crippen LogP contribution in [0.25, 0.3) is 10.2 Å². The molecule has 0 atom stereocenters. The number of hydrogen-bond acceptors (Lipinski definition) is 6. The number of nitrogens with zero attached hydrogens (tertiary/aromatic N) is 2. The number of likely N-dealkylation sites (tertiary alicyclic amines) is 1.